The van der Waals surface area contributed by atoms with Crippen molar-refractivity contribution in [2.45, 2.75) is 20.3 Å². The SMILES string of the molecule is Cc1ccc2c(=O)cc(CCN)oc2c1C.Cl. The number of aryl methyl sites for hydroxylation is 2. The van der Waals surface area contributed by atoms with Crippen LogP contribution in [-0.4, -0.2) is 6.54 Å². The van der Waals surface area contributed by atoms with Gasteiger partial charge in [-0.3, -0.25) is 4.79 Å². The molecule has 1 aromatic heterocycles. The van der Waals surface area contributed by atoms with E-state index in [-0.39, 0.29) is 17.8 Å². The fraction of sp³-hybridized carbons (Fsp3) is 0.308. The Hall–Kier alpha value is -1.32. The van der Waals surface area contributed by atoms with E-state index in [2.05, 4.69) is 0 Å². The summed E-state index contributed by atoms with van der Waals surface area (Å²) in [6.45, 7) is 4.45. The zero-order valence-corrected chi connectivity index (χ0v) is 10.8. The van der Waals surface area contributed by atoms with Gasteiger partial charge in [0.25, 0.3) is 0 Å². The molecule has 0 spiro atoms. The Balaban J connectivity index is 0.00000144. The Morgan fingerprint density at radius 3 is 2.65 bits per heavy atom. The molecule has 0 saturated carbocycles. The van der Waals surface area contributed by atoms with Gasteiger partial charge in [0.15, 0.2) is 5.43 Å². The largest absolute Gasteiger partial charge is 0.460 e. The molecule has 0 atom stereocenters. The average molecular weight is 254 g/mol. The van der Waals surface area contributed by atoms with Crippen molar-refractivity contribution in [2.24, 2.45) is 5.73 Å². The van der Waals surface area contributed by atoms with Crippen LogP contribution < -0.4 is 11.2 Å². The van der Waals surface area contributed by atoms with Crippen LogP contribution in [-0.2, 0) is 6.42 Å². The van der Waals surface area contributed by atoms with Crippen molar-refractivity contribution in [3.63, 3.8) is 0 Å². The number of rotatable bonds is 2. The predicted molar refractivity (Wildman–Crippen MR) is 72.0 cm³/mol. The van der Waals surface area contributed by atoms with E-state index in [1.165, 1.54) is 6.07 Å². The lowest BCUT2D eigenvalue weighted by atomic mass is 10.1. The maximum absolute atomic E-state index is 11.8. The van der Waals surface area contributed by atoms with Gasteiger partial charge in [-0.2, -0.15) is 0 Å². The second kappa shape index (κ2) is 5.34. The zero-order valence-electron chi connectivity index (χ0n) is 9.95. The summed E-state index contributed by atoms with van der Waals surface area (Å²) in [6, 6.07) is 5.29. The molecule has 0 amide bonds. The summed E-state index contributed by atoms with van der Waals surface area (Å²) < 4.78 is 5.71. The monoisotopic (exact) mass is 253 g/mol. The van der Waals surface area contributed by atoms with Crippen LogP contribution in [0.3, 0.4) is 0 Å². The molecule has 0 aliphatic carbocycles. The van der Waals surface area contributed by atoms with Gasteiger partial charge in [0.05, 0.1) is 5.39 Å². The quantitative estimate of drug-likeness (QED) is 0.894. The van der Waals surface area contributed by atoms with E-state index in [1.54, 1.807) is 0 Å². The highest BCUT2D eigenvalue weighted by Gasteiger charge is 2.08. The summed E-state index contributed by atoms with van der Waals surface area (Å²) >= 11 is 0. The van der Waals surface area contributed by atoms with Crippen LogP contribution in [0.25, 0.3) is 11.0 Å². The topological polar surface area (TPSA) is 56.2 Å². The van der Waals surface area contributed by atoms with Crippen molar-refractivity contribution in [2.75, 3.05) is 6.54 Å². The van der Waals surface area contributed by atoms with Crippen molar-refractivity contribution in [1.82, 2.24) is 0 Å². The molecular weight excluding hydrogens is 238 g/mol. The molecule has 4 heteroatoms. The molecule has 0 unspecified atom stereocenters. The van der Waals surface area contributed by atoms with E-state index >= 15 is 0 Å². The van der Waals surface area contributed by atoms with Crippen LogP contribution in [0, 0.1) is 13.8 Å². The molecule has 1 heterocycles. The molecule has 3 nitrogen and oxygen atoms in total. The molecule has 92 valence electrons. The molecule has 0 aliphatic rings. The number of benzene rings is 1. The van der Waals surface area contributed by atoms with Crippen molar-refractivity contribution in [3.8, 4) is 0 Å². The third-order valence-corrected chi connectivity index (χ3v) is 2.86. The summed E-state index contributed by atoms with van der Waals surface area (Å²) in [6.07, 6.45) is 0.596. The van der Waals surface area contributed by atoms with Gasteiger partial charge in [0.2, 0.25) is 0 Å². The summed E-state index contributed by atoms with van der Waals surface area (Å²) in [4.78, 5) is 11.8. The Morgan fingerprint density at radius 1 is 1.29 bits per heavy atom. The maximum Gasteiger partial charge on any atom is 0.192 e. The number of hydrogen-bond acceptors (Lipinski definition) is 3. The molecule has 0 bridgehead atoms. The van der Waals surface area contributed by atoms with Gasteiger partial charge in [-0.15, -0.1) is 12.4 Å². The Morgan fingerprint density at radius 2 is 2.00 bits per heavy atom. The molecular formula is C13H16ClNO2. The van der Waals surface area contributed by atoms with Crippen molar-refractivity contribution in [1.29, 1.82) is 0 Å². The second-order valence-electron chi connectivity index (χ2n) is 4.00. The molecule has 2 aromatic rings. The van der Waals surface area contributed by atoms with E-state index in [0.29, 0.717) is 29.7 Å². The lowest BCUT2D eigenvalue weighted by molar-refractivity contribution is 0.535. The summed E-state index contributed by atoms with van der Waals surface area (Å²) in [5.74, 6) is 0.661. The van der Waals surface area contributed by atoms with E-state index < -0.39 is 0 Å². The standard InChI is InChI=1S/C13H15NO2.ClH/c1-8-3-4-11-12(15)7-10(5-6-14)16-13(11)9(8)2;/h3-4,7H,5-6,14H2,1-2H3;1H. The Labute approximate surface area is 106 Å². The van der Waals surface area contributed by atoms with Gasteiger partial charge in [0, 0.05) is 12.5 Å². The minimum atomic E-state index is 0. The first kappa shape index (κ1) is 13.7. The number of halogens is 1. The normalized spacial score (nSPS) is 10.3. The van der Waals surface area contributed by atoms with Gasteiger partial charge in [0.1, 0.15) is 11.3 Å². The molecule has 2 rings (SSSR count). The third kappa shape index (κ3) is 2.51. The summed E-state index contributed by atoms with van der Waals surface area (Å²) in [7, 11) is 0. The van der Waals surface area contributed by atoms with Gasteiger partial charge < -0.3 is 10.2 Å². The van der Waals surface area contributed by atoms with Crippen LogP contribution in [0.15, 0.2) is 27.4 Å². The van der Waals surface area contributed by atoms with E-state index in [1.807, 2.05) is 26.0 Å². The van der Waals surface area contributed by atoms with Crippen molar-refractivity contribution >= 4 is 23.4 Å². The Bertz CT molecular complexity index is 590. The first-order chi connectivity index (χ1) is 7.63. The van der Waals surface area contributed by atoms with Gasteiger partial charge >= 0.3 is 0 Å². The molecule has 0 radical (unpaired) electrons. The lowest BCUT2D eigenvalue weighted by Crippen LogP contribution is -2.08. The number of hydrogen-bond donors (Lipinski definition) is 1. The van der Waals surface area contributed by atoms with Crippen molar-refractivity contribution < 1.29 is 4.42 Å². The lowest BCUT2D eigenvalue weighted by Gasteiger charge is -2.06. The average Bonchev–Trinajstić information content (AvgIpc) is 2.25. The molecule has 0 fully saturated rings. The van der Waals surface area contributed by atoms with Crippen LogP contribution in [0.4, 0.5) is 0 Å². The van der Waals surface area contributed by atoms with E-state index in [9.17, 15) is 4.79 Å². The highest BCUT2D eigenvalue weighted by molar-refractivity contribution is 5.85. The predicted octanol–water partition coefficient (Wildman–Crippen LogP) is 2.33. The van der Waals surface area contributed by atoms with E-state index in [4.69, 9.17) is 10.2 Å². The molecule has 17 heavy (non-hydrogen) atoms. The highest BCUT2D eigenvalue weighted by Crippen LogP contribution is 2.20. The van der Waals surface area contributed by atoms with Crippen molar-refractivity contribution in [3.05, 3.63) is 45.3 Å². The van der Waals surface area contributed by atoms with Crippen LogP contribution in [0.1, 0.15) is 16.9 Å². The highest BCUT2D eigenvalue weighted by atomic mass is 35.5. The van der Waals surface area contributed by atoms with Crippen LogP contribution in [0.5, 0.6) is 0 Å². The molecule has 1 aromatic carbocycles. The summed E-state index contributed by atoms with van der Waals surface area (Å²) in [5.41, 5.74) is 8.31. The fourth-order valence-corrected chi connectivity index (χ4v) is 1.77. The molecule has 2 N–H and O–H groups in total. The fourth-order valence-electron chi connectivity index (χ4n) is 1.77. The minimum absolute atomic E-state index is 0. The maximum atomic E-state index is 11.8. The third-order valence-electron chi connectivity index (χ3n) is 2.86. The van der Waals surface area contributed by atoms with Crippen LogP contribution >= 0.6 is 12.4 Å². The van der Waals surface area contributed by atoms with E-state index in [0.717, 1.165) is 11.1 Å². The number of nitrogens with two attached hydrogens (primary N) is 1. The van der Waals surface area contributed by atoms with Gasteiger partial charge in [-0.05, 0) is 37.6 Å². The minimum Gasteiger partial charge on any atom is -0.460 e. The van der Waals surface area contributed by atoms with Crippen LogP contribution in [0.2, 0.25) is 0 Å². The smallest absolute Gasteiger partial charge is 0.192 e. The first-order valence-corrected chi connectivity index (χ1v) is 5.36. The second-order valence-corrected chi connectivity index (χ2v) is 4.00. The zero-order chi connectivity index (χ0) is 11.7. The summed E-state index contributed by atoms with van der Waals surface area (Å²) in [5, 5.41) is 0.642. The van der Waals surface area contributed by atoms with Gasteiger partial charge in [-0.25, -0.2) is 0 Å². The molecule has 0 aliphatic heterocycles. The Kier molecular flexibility index (Phi) is 4.32. The number of fused-ring (bicyclic) bond motifs is 1. The molecule has 0 saturated heterocycles. The first-order valence-electron chi connectivity index (χ1n) is 5.36. The van der Waals surface area contributed by atoms with Gasteiger partial charge in [-0.1, -0.05) is 6.07 Å².